The molecular weight excluding hydrogens is 247 g/mol. The van der Waals surface area contributed by atoms with Gasteiger partial charge in [-0.25, -0.2) is 0 Å². The summed E-state index contributed by atoms with van der Waals surface area (Å²) in [5.41, 5.74) is 0.0780. The molecule has 1 N–H and O–H groups in total. The van der Waals surface area contributed by atoms with Gasteiger partial charge < -0.3 is 9.84 Å². The van der Waals surface area contributed by atoms with E-state index in [1.165, 1.54) is 0 Å². The lowest BCUT2D eigenvalue weighted by molar-refractivity contribution is -0.0844. The van der Waals surface area contributed by atoms with Gasteiger partial charge in [0.1, 0.15) is 0 Å². The van der Waals surface area contributed by atoms with Crippen molar-refractivity contribution in [3.8, 4) is 0 Å². The smallest absolute Gasteiger partial charge is 0.0921 e. The molecule has 1 saturated heterocycles. The van der Waals surface area contributed by atoms with Crippen LogP contribution < -0.4 is 0 Å². The van der Waals surface area contributed by atoms with E-state index in [4.69, 9.17) is 27.9 Å². The molecule has 0 radical (unpaired) electrons. The van der Waals surface area contributed by atoms with E-state index >= 15 is 0 Å². The van der Waals surface area contributed by atoms with Crippen molar-refractivity contribution in [1.82, 2.24) is 0 Å². The van der Waals surface area contributed by atoms with Gasteiger partial charge in [-0.1, -0.05) is 23.2 Å². The quantitative estimate of drug-likeness (QED) is 0.886. The van der Waals surface area contributed by atoms with Crippen LogP contribution in [0, 0.1) is 0 Å². The lowest BCUT2D eigenvalue weighted by Gasteiger charge is -2.32. The van der Waals surface area contributed by atoms with E-state index in [-0.39, 0.29) is 0 Å². The van der Waals surface area contributed by atoms with Crippen LogP contribution in [0.15, 0.2) is 18.2 Å². The Hall–Kier alpha value is -0.280. The predicted octanol–water partition coefficient (Wildman–Crippen LogP) is 3.08. The van der Waals surface area contributed by atoms with E-state index in [1.54, 1.807) is 18.2 Å². The molecule has 2 nitrogen and oxygen atoms in total. The lowest BCUT2D eigenvalue weighted by atomic mass is 9.89. The van der Waals surface area contributed by atoms with Gasteiger partial charge in [0.05, 0.1) is 12.2 Å². The van der Waals surface area contributed by atoms with E-state index in [0.29, 0.717) is 23.1 Å². The fraction of sp³-hybridized carbons (Fsp3) is 0.500. The van der Waals surface area contributed by atoms with Crippen LogP contribution in [0.2, 0.25) is 10.0 Å². The first-order valence-electron chi connectivity index (χ1n) is 5.33. The summed E-state index contributed by atoms with van der Waals surface area (Å²) >= 11 is 12.0. The third kappa shape index (κ3) is 2.89. The molecule has 1 unspecified atom stereocenters. The summed E-state index contributed by atoms with van der Waals surface area (Å²) in [6.07, 6.45) is 2.12. The van der Waals surface area contributed by atoms with Crippen molar-refractivity contribution in [1.29, 1.82) is 0 Å². The number of ether oxygens (including phenoxy) is 1. The average Bonchev–Trinajstić information content (AvgIpc) is 2.24. The number of aliphatic hydroxyl groups is 1. The van der Waals surface area contributed by atoms with Crippen molar-refractivity contribution in [2.24, 2.45) is 0 Å². The van der Waals surface area contributed by atoms with Crippen LogP contribution in [-0.2, 0) is 11.2 Å². The number of halogens is 2. The maximum Gasteiger partial charge on any atom is 0.0921 e. The Morgan fingerprint density at radius 1 is 1.38 bits per heavy atom. The first kappa shape index (κ1) is 12.2. The van der Waals surface area contributed by atoms with Crippen molar-refractivity contribution in [2.75, 3.05) is 13.2 Å². The summed E-state index contributed by atoms with van der Waals surface area (Å²) in [6.45, 7) is 1.10. The maximum atomic E-state index is 10.3. The molecule has 1 heterocycles. The Morgan fingerprint density at radius 3 is 2.88 bits per heavy atom. The number of hydrogen-bond donors (Lipinski definition) is 1. The van der Waals surface area contributed by atoms with Crippen LogP contribution in [0.3, 0.4) is 0 Å². The minimum atomic E-state index is -0.799. The Balaban J connectivity index is 2.15. The lowest BCUT2D eigenvalue weighted by Crippen LogP contribution is -2.40. The predicted molar refractivity (Wildman–Crippen MR) is 65.2 cm³/mol. The zero-order chi connectivity index (χ0) is 11.6. The zero-order valence-electron chi connectivity index (χ0n) is 8.88. The zero-order valence-corrected chi connectivity index (χ0v) is 10.4. The monoisotopic (exact) mass is 260 g/mol. The molecule has 0 amide bonds. The van der Waals surface area contributed by atoms with Gasteiger partial charge in [-0.2, -0.15) is 0 Å². The summed E-state index contributed by atoms with van der Waals surface area (Å²) < 4.78 is 5.30. The summed E-state index contributed by atoms with van der Waals surface area (Å²) in [4.78, 5) is 0. The van der Waals surface area contributed by atoms with Gasteiger partial charge in [0.2, 0.25) is 0 Å². The highest BCUT2D eigenvalue weighted by molar-refractivity contribution is 6.33. The molecule has 1 aromatic carbocycles. The van der Waals surface area contributed by atoms with E-state index in [1.807, 2.05) is 0 Å². The van der Waals surface area contributed by atoms with Crippen molar-refractivity contribution in [3.05, 3.63) is 33.8 Å². The van der Waals surface area contributed by atoms with E-state index < -0.39 is 5.60 Å². The first-order valence-corrected chi connectivity index (χ1v) is 6.09. The Kier molecular flexibility index (Phi) is 3.75. The summed E-state index contributed by atoms with van der Waals surface area (Å²) in [5, 5.41) is 11.6. The van der Waals surface area contributed by atoms with Crippen LogP contribution in [0.4, 0.5) is 0 Å². The van der Waals surface area contributed by atoms with Gasteiger partial charge in [-0.05, 0) is 36.6 Å². The fourth-order valence-corrected chi connectivity index (χ4v) is 2.39. The largest absolute Gasteiger partial charge is 0.387 e. The highest BCUT2D eigenvalue weighted by atomic mass is 35.5. The molecule has 0 spiro atoms. The summed E-state index contributed by atoms with van der Waals surface area (Å²) in [7, 11) is 0. The molecule has 0 aliphatic carbocycles. The van der Waals surface area contributed by atoms with Gasteiger partial charge in [0.25, 0.3) is 0 Å². The van der Waals surface area contributed by atoms with Crippen molar-refractivity contribution >= 4 is 23.2 Å². The number of rotatable bonds is 2. The molecule has 0 bridgehead atoms. The van der Waals surface area contributed by atoms with Gasteiger partial charge in [-0.15, -0.1) is 0 Å². The van der Waals surface area contributed by atoms with Crippen molar-refractivity contribution < 1.29 is 9.84 Å². The topological polar surface area (TPSA) is 29.5 Å². The minimum Gasteiger partial charge on any atom is -0.387 e. The second kappa shape index (κ2) is 4.92. The summed E-state index contributed by atoms with van der Waals surface area (Å²) in [5.74, 6) is 0. The highest BCUT2D eigenvalue weighted by Crippen LogP contribution is 2.28. The second-order valence-electron chi connectivity index (χ2n) is 4.29. The molecule has 1 aromatic rings. The Bertz CT molecular complexity index is 373. The van der Waals surface area contributed by atoms with Gasteiger partial charge in [0, 0.05) is 23.1 Å². The van der Waals surface area contributed by atoms with Gasteiger partial charge in [-0.3, -0.25) is 0 Å². The Labute approximate surface area is 105 Å². The molecule has 1 aliphatic heterocycles. The van der Waals surface area contributed by atoms with E-state index in [2.05, 4.69) is 0 Å². The van der Waals surface area contributed by atoms with E-state index in [9.17, 15) is 5.11 Å². The molecule has 2 rings (SSSR count). The van der Waals surface area contributed by atoms with Crippen LogP contribution in [0.1, 0.15) is 18.4 Å². The average molecular weight is 261 g/mol. The highest BCUT2D eigenvalue weighted by Gasteiger charge is 2.30. The van der Waals surface area contributed by atoms with Crippen molar-refractivity contribution in [2.45, 2.75) is 24.9 Å². The van der Waals surface area contributed by atoms with Crippen LogP contribution in [0.5, 0.6) is 0 Å². The second-order valence-corrected chi connectivity index (χ2v) is 5.14. The number of hydrogen-bond acceptors (Lipinski definition) is 2. The van der Waals surface area contributed by atoms with Gasteiger partial charge in [0.15, 0.2) is 0 Å². The van der Waals surface area contributed by atoms with Crippen LogP contribution in [0.25, 0.3) is 0 Å². The maximum absolute atomic E-state index is 10.3. The SMILES string of the molecule is OC1(Cc2cc(Cl)ccc2Cl)CCCOC1. The molecule has 1 atom stereocenters. The molecular formula is C12H14Cl2O2. The number of benzene rings is 1. The molecule has 88 valence electrons. The van der Waals surface area contributed by atoms with Gasteiger partial charge >= 0.3 is 0 Å². The van der Waals surface area contributed by atoms with Crippen molar-refractivity contribution in [3.63, 3.8) is 0 Å². The normalized spacial score (nSPS) is 25.7. The molecule has 4 heteroatoms. The standard InChI is InChI=1S/C12H14Cl2O2/c13-10-2-3-11(14)9(6-10)7-12(15)4-1-5-16-8-12/h2-3,6,15H,1,4-5,7-8H2. The molecule has 1 fully saturated rings. The van der Waals surface area contributed by atoms with E-state index in [0.717, 1.165) is 25.0 Å². The fourth-order valence-electron chi connectivity index (χ4n) is 2.01. The first-order chi connectivity index (χ1) is 7.59. The molecule has 16 heavy (non-hydrogen) atoms. The molecule has 1 aliphatic rings. The third-order valence-corrected chi connectivity index (χ3v) is 3.43. The summed E-state index contributed by atoms with van der Waals surface area (Å²) in [6, 6.07) is 5.30. The minimum absolute atomic E-state index is 0.371. The molecule has 0 aromatic heterocycles. The van der Waals surface area contributed by atoms with Crippen LogP contribution >= 0.6 is 23.2 Å². The molecule has 0 saturated carbocycles. The third-order valence-electron chi connectivity index (χ3n) is 2.83. The van der Waals surface area contributed by atoms with Crippen LogP contribution in [-0.4, -0.2) is 23.9 Å². The Morgan fingerprint density at radius 2 is 2.19 bits per heavy atom.